The van der Waals surface area contributed by atoms with E-state index in [1.807, 2.05) is 36.4 Å². The Morgan fingerprint density at radius 1 is 1.21 bits per heavy atom. The topological polar surface area (TPSA) is 68.3 Å². The van der Waals surface area contributed by atoms with Crippen molar-refractivity contribution >= 4 is 22.8 Å². The molecule has 1 saturated carbocycles. The van der Waals surface area contributed by atoms with Gasteiger partial charge < -0.3 is 10.1 Å². The number of rotatable bonds is 3. The van der Waals surface area contributed by atoms with Gasteiger partial charge in [-0.15, -0.1) is 0 Å². The van der Waals surface area contributed by atoms with Crippen LogP contribution in [-0.4, -0.2) is 22.5 Å². The molecule has 2 aromatic rings. The van der Waals surface area contributed by atoms with Crippen LogP contribution in [0.5, 0.6) is 0 Å². The first kappa shape index (κ1) is 15.1. The number of amides is 1. The predicted octanol–water partition coefficient (Wildman–Crippen LogP) is 2.73. The third-order valence-electron chi connectivity index (χ3n) is 5.19. The highest BCUT2D eigenvalue weighted by atomic mass is 16.6. The summed E-state index contributed by atoms with van der Waals surface area (Å²) in [6, 6.07) is 11.8. The van der Waals surface area contributed by atoms with Gasteiger partial charge in [0.1, 0.15) is 5.60 Å². The predicted molar refractivity (Wildman–Crippen MR) is 89.0 cm³/mol. The molecule has 0 unspecified atom stereocenters. The van der Waals surface area contributed by atoms with Gasteiger partial charge in [-0.05, 0) is 37.8 Å². The number of esters is 1. The Morgan fingerprint density at radius 2 is 2.00 bits per heavy atom. The lowest BCUT2D eigenvalue weighted by atomic mass is 9.85. The molecule has 1 aromatic carbocycles. The van der Waals surface area contributed by atoms with Gasteiger partial charge >= 0.3 is 5.97 Å². The lowest BCUT2D eigenvalue weighted by Crippen LogP contribution is -2.42. The smallest absolute Gasteiger partial charge is 0.307 e. The number of nitrogens with one attached hydrogen (secondary N) is 1. The molecule has 1 aromatic heterocycles. The van der Waals surface area contributed by atoms with Crippen molar-refractivity contribution in [3.05, 3.63) is 42.1 Å². The molecule has 1 N–H and O–H groups in total. The summed E-state index contributed by atoms with van der Waals surface area (Å²) in [4.78, 5) is 28.9. The minimum absolute atomic E-state index is 0.0993. The number of carbonyl (C=O) groups is 2. The average molecular weight is 324 g/mol. The summed E-state index contributed by atoms with van der Waals surface area (Å²) in [6.07, 6.45) is 3.82. The molecule has 1 atom stereocenters. The molecular weight excluding hydrogens is 304 g/mol. The van der Waals surface area contributed by atoms with Gasteiger partial charge in [0.25, 0.3) is 0 Å². The quantitative estimate of drug-likeness (QED) is 0.882. The molecule has 24 heavy (non-hydrogen) atoms. The fourth-order valence-corrected chi connectivity index (χ4v) is 3.96. The Balaban J connectivity index is 1.46. The highest BCUT2D eigenvalue weighted by molar-refractivity contribution is 5.88. The van der Waals surface area contributed by atoms with Crippen LogP contribution in [0.2, 0.25) is 0 Å². The molecule has 1 saturated heterocycles. The number of nitrogens with zero attached hydrogens (tertiary/aromatic N) is 1. The van der Waals surface area contributed by atoms with Crippen LogP contribution in [0.4, 0.5) is 0 Å². The molecule has 5 nitrogen and oxygen atoms in total. The molecule has 1 amide bonds. The first-order chi connectivity index (χ1) is 11.7. The summed E-state index contributed by atoms with van der Waals surface area (Å²) < 4.78 is 5.54. The molecule has 2 heterocycles. The van der Waals surface area contributed by atoms with E-state index in [0.717, 1.165) is 42.3 Å². The van der Waals surface area contributed by atoms with Crippen LogP contribution in [0.3, 0.4) is 0 Å². The van der Waals surface area contributed by atoms with Gasteiger partial charge in [-0.1, -0.05) is 24.3 Å². The summed E-state index contributed by atoms with van der Waals surface area (Å²) >= 11 is 0. The Labute approximate surface area is 140 Å². The summed E-state index contributed by atoms with van der Waals surface area (Å²) in [7, 11) is 0. The molecule has 1 aliphatic heterocycles. The first-order valence-electron chi connectivity index (χ1n) is 8.51. The second-order valence-electron chi connectivity index (χ2n) is 6.72. The maximum absolute atomic E-state index is 12.6. The number of aromatic nitrogens is 1. The van der Waals surface area contributed by atoms with Gasteiger partial charge in [-0.2, -0.15) is 0 Å². The maximum atomic E-state index is 12.6. The van der Waals surface area contributed by atoms with Crippen LogP contribution < -0.4 is 5.32 Å². The number of para-hydroxylation sites is 1. The Morgan fingerprint density at radius 3 is 2.83 bits per heavy atom. The van der Waals surface area contributed by atoms with E-state index in [9.17, 15) is 9.59 Å². The van der Waals surface area contributed by atoms with E-state index < -0.39 is 5.60 Å². The number of fused-ring (bicyclic) bond motifs is 1. The van der Waals surface area contributed by atoms with Gasteiger partial charge in [-0.3, -0.25) is 14.6 Å². The van der Waals surface area contributed by atoms with Crippen molar-refractivity contribution in [2.75, 3.05) is 0 Å². The molecule has 124 valence electrons. The van der Waals surface area contributed by atoms with Crippen molar-refractivity contribution < 1.29 is 14.3 Å². The van der Waals surface area contributed by atoms with Gasteiger partial charge in [0.05, 0.1) is 30.1 Å². The van der Waals surface area contributed by atoms with Gasteiger partial charge in [-0.25, -0.2) is 0 Å². The van der Waals surface area contributed by atoms with Crippen LogP contribution in [0.15, 0.2) is 36.4 Å². The molecule has 2 fully saturated rings. The normalized spacial score (nSPS) is 22.0. The fourth-order valence-electron chi connectivity index (χ4n) is 3.96. The third kappa shape index (κ3) is 2.64. The number of ether oxygens (including phenoxy) is 1. The van der Waals surface area contributed by atoms with Crippen molar-refractivity contribution in [2.45, 2.75) is 44.2 Å². The van der Waals surface area contributed by atoms with Crippen LogP contribution in [-0.2, 0) is 20.9 Å². The molecule has 5 heteroatoms. The SMILES string of the molecule is O=C1C[C@H](C(=O)NCc2ccc3ccccc3n2)C2(CCCC2)O1. The van der Waals surface area contributed by atoms with E-state index >= 15 is 0 Å². The molecule has 4 rings (SSSR count). The standard InChI is InChI=1S/C19H20N2O3/c22-17-11-15(19(24-17)9-3-4-10-19)18(23)20-12-14-8-7-13-5-1-2-6-16(13)21-14/h1-2,5-8,15H,3-4,9-12H2,(H,20,23)/t15-/m1/s1. The number of benzene rings is 1. The summed E-state index contributed by atoms with van der Waals surface area (Å²) in [5.74, 6) is -0.716. The average Bonchev–Trinajstić information content (AvgIpc) is 3.19. The number of carbonyl (C=O) groups excluding carboxylic acids is 2. The van der Waals surface area contributed by atoms with Gasteiger partial charge in [0, 0.05) is 5.39 Å². The van der Waals surface area contributed by atoms with Crippen LogP contribution >= 0.6 is 0 Å². The van der Waals surface area contributed by atoms with Crippen molar-refractivity contribution in [2.24, 2.45) is 5.92 Å². The molecule has 0 radical (unpaired) electrons. The second kappa shape index (κ2) is 5.89. The Kier molecular flexibility index (Phi) is 3.71. The second-order valence-corrected chi connectivity index (χ2v) is 6.72. The van der Waals surface area contributed by atoms with Crippen LogP contribution in [0.1, 0.15) is 37.8 Å². The summed E-state index contributed by atoms with van der Waals surface area (Å²) in [5, 5.41) is 4.02. The molecule has 0 bridgehead atoms. The lowest BCUT2D eigenvalue weighted by Gasteiger charge is -2.27. The van der Waals surface area contributed by atoms with E-state index in [2.05, 4.69) is 10.3 Å². The number of hydrogen-bond donors (Lipinski definition) is 1. The Hall–Kier alpha value is -2.43. The number of hydrogen-bond acceptors (Lipinski definition) is 4. The van der Waals surface area contributed by atoms with Crippen LogP contribution in [0.25, 0.3) is 10.9 Å². The van der Waals surface area contributed by atoms with Crippen LogP contribution in [0, 0.1) is 5.92 Å². The zero-order valence-corrected chi connectivity index (χ0v) is 13.5. The molecule has 1 aliphatic carbocycles. The monoisotopic (exact) mass is 324 g/mol. The lowest BCUT2D eigenvalue weighted by molar-refractivity contribution is -0.149. The largest absolute Gasteiger partial charge is 0.458 e. The zero-order valence-electron chi connectivity index (χ0n) is 13.5. The molecule has 1 spiro atoms. The van der Waals surface area contributed by atoms with Crippen molar-refractivity contribution in [1.29, 1.82) is 0 Å². The maximum Gasteiger partial charge on any atom is 0.307 e. The van der Waals surface area contributed by atoms with Crippen molar-refractivity contribution in [1.82, 2.24) is 10.3 Å². The summed E-state index contributed by atoms with van der Waals surface area (Å²) in [5.41, 5.74) is 1.17. The molecule has 2 aliphatic rings. The number of pyridine rings is 1. The van der Waals surface area contributed by atoms with E-state index in [1.165, 1.54) is 0 Å². The van der Waals surface area contributed by atoms with Gasteiger partial charge in [0.2, 0.25) is 5.91 Å². The van der Waals surface area contributed by atoms with E-state index in [1.54, 1.807) is 0 Å². The van der Waals surface area contributed by atoms with Gasteiger partial charge in [0.15, 0.2) is 0 Å². The minimum atomic E-state index is -0.558. The third-order valence-corrected chi connectivity index (χ3v) is 5.19. The zero-order chi connectivity index (χ0) is 16.6. The van der Waals surface area contributed by atoms with Crippen molar-refractivity contribution in [3.8, 4) is 0 Å². The first-order valence-corrected chi connectivity index (χ1v) is 8.51. The highest BCUT2D eigenvalue weighted by Crippen LogP contribution is 2.45. The van der Waals surface area contributed by atoms with E-state index in [0.29, 0.717) is 6.54 Å². The highest BCUT2D eigenvalue weighted by Gasteiger charge is 2.53. The Bertz CT molecular complexity index is 796. The molecular formula is C19H20N2O3. The van der Waals surface area contributed by atoms with E-state index in [-0.39, 0.29) is 24.2 Å². The minimum Gasteiger partial charge on any atom is -0.458 e. The fraction of sp³-hybridized carbons (Fsp3) is 0.421. The van der Waals surface area contributed by atoms with E-state index in [4.69, 9.17) is 4.74 Å². The van der Waals surface area contributed by atoms with Crippen molar-refractivity contribution in [3.63, 3.8) is 0 Å². The summed E-state index contributed by atoms with van der Waals surface area (Å²) in [6.45, 7) is 0.366.